The van der Waals surface area contributed by atoms with Crippen LogP contribution in [0.2, 0.25) is 0 Å². The second-order valence-electron chi connectivity index (χ2n) is 2.48. The lowest BCUT2D eigenvalue weighted by Crippen LogP contribution is -2.27. The van der Waals surface area contributed by atoms with Crippen molar-refractivity contribution in [2.75, 3.05) is 6.61 Å². The number of nitrogens with one attached hydrogen (secondary N) is 1. The van der Waals surface area contributed by atoms with E-state index in [-0.39, 0.29) is 0 Å². The lowest BCUT2D eigenvalue weighted by atomic mass is 10.3. The Morgan fingerprint density at radius 3 is 2.62 bits per heavy atom. The molecule has 0 aromatic rings. The van der Waals surface area contributed by atoms with Crippen molar-refractivity contribution in [1.29, 1.82) is 0 Å². The fourth-order valence-corrected chi connectivity index (χ4v) is 1.19. The molecule has 2 fully saturated rings. The molecule has 0 unspecified atom stereocenters. The van der Waals surface area contributed by atoms with E-state index in [2.05, 4.69) is 5.32 Å². The van der Waals surface area contributed by atoms with Gasteiger partial charge < -0.3 is 10.1 Å². The SMILES string of the molecule is S=C1NC2(CC2)CO1. The Hall–Kier alpha value is -0.310. The fourth-order valence-electron chi connectivity index (χ4n) is 0.913. The zero-order valence-electron chi connectivity index (χ0n) is 4.44. The maximum absolute atomic E-state index is 5.05. The van der Waals surface area contributed by atoms with E-state index in [1.165, 1.54) is 12.8 Å². The van der Waals surface area contributed by atoms with Crippen molar-refractivity contribution < 1.29 is 4.74 Å². The molecule has 2 nitrogen and oxygen atoms in total. The molecule has 0 atom stereocenters. The molecule has 3 heteroatoms. The summed E-state index contributed by atoms with van der Waals surface area (Å²) in [5.74, 6) is 0. The van der Waals surface area contributed by atoms with Crippen LogP contribution in [0.4, 0.5) is 0 Å². The van der Waals surface area contributed by atoms with Gasteiger partial charge in [0, 0.05) is 0 Å². The zero-order chi connectivity index (χ0) is 5.61. The lowest BCUT2D eigenvalue weighted by molar-refractivity contribution is 0.325. The molecule has 0 bridgehead atoms. The van der Waals surface area contributed by atoms with Gasteiger partial charge in [-0.3, -0.25) is 0 Å². The average molecular weight is 129 g/mol. The summed E-state index contributed by atoms with van der Waals surface area (Å²) in [4.78, 5) is 0. The highest BCUT2D eigenvalue weighted by atomic mass is 32.1. The maximum Gasteiger partial charge on any atom is 0.257 e. The molecule has 1 saturated heterocycles. The lowest BCUT2D eigenvalue weighted by Gasteiger charge is -1.97. The van der Waals surface area contributed by atoms with E-state index < -0.39 is 0 Å². The minimum Gasteiger partial charge on any atom is -0.469 e. The van der Waals surface area contributed by atoms with E-state index in [0.717, 1.165) is 6.61 Å². The number of hydrogen-bond acceptors (Lipinski definition) is 2. The van der Waals surface area contributed by atoms with E-state index in [4.69, 9.17) is 17.0 Å². The van der Waals surface area contributed by atoms with E-state index in [0.29, 0.717) is 10.7 Å². The van der Waals surface area contributed by atoms with Gasteiger partial charge in [0.15, 0.2) is 0 Å². The molecule has 2 rings (SSSR count). The van der Waals surface area contributed by atoms with Crippen LogP contribution in [-0.4, -0.2) is 17.3 Å². The van der Waals surface area contributed by atoms with Crippen LogP contribution in [0.25, 0.3) is 0 Å². The highest BCUT2D eigenvalue weighted by Gasteiger charge is 2.48. The van der Waals surface area contributed by atoms with Crippen LogP contribution in [0.5, 0.6) is 0 Å². The molecule has 1 spiro atoms. The Bertz CT molecular complexity index is 141. The number of thiocarbonyl (C=S) groups is 1. The van der Waals surface area contributed by atoms with Crippen molar-refractivity contribution >= 4 is 17.4 Å². The molecule has 1 aliphatic carbocycles. The van der Waals surface area contributed by atoms with Gasteiger partial charge in [-0.15, -0.1) is 0 Å². The molecule has 0 amide bonds. The predicted molar refractivity (Wildman–Crippen MR) is 33.7 cm³/mol. The molecular weight excluding hydrogens is 122 g/mol. The van der Waals surface area contributed by atoms with Crippen LogP contribution in [0.3, 0.4) is 0 Å². The van der Waals surface area contributed by atoms with Crippen LogP contribution in [0.1, 0.15) is 12.8 Å². The van der Waals surface area contributed by atoms with Crippen LogP contribution in [0.15, 0.2) is 0 Å². The van der Waals surface area contributed by atoms with Gasteiger partial charge in [-0.2, -0.15) is 0 Å². The van der Waals surface area contributed by atoms with Gasteiger partial charge in [-0.25, -0.2) is 0 Å². The highest BCUT2D eigenvalue weighted by Crippen LogP contribution is 2.38. The summed E-state index contributed by atoms with van der Waals surface area (Å²) in [7, 11) is 0. The molecule has 1 saturated carbocycles. The normalized spacial score (nSPS) is 29.8. The van der Waals surface area contributed by atoms with Gasteiger partial charge in [-0.1, -0.05) is 0 Å². The van der Waals surface area contributed by atoms with E-state index in [1.807, 2.05) is 0 Å². The van der Waals surface area contributed by atoms with Gasteiger partial charge in [0.2, 0.25) is 0 Å². The molecule has 0 aromatic heterocycles. The summed E-state index contributed by atoms with van der Waals surface area (Å²) in [5, 5.41) is 3.70. The maximum atomic E-state index is 5.05. The van der Waals surface area contributed by atoms with Crippen LogP contribution >= 0.6 is 12.2 Å². The third kappa shape index (κ3) is 0.508. The van der Waals surface area contributed by atoms with Crippen molar-refractivity contribution in [2.24, 2.45) is 0 Å². The molecule has 0 aromatic carbocycles. The Morgan fingerprint density at radius 1 is 1.62 bits per heavy atom. The summed E-state index contributed by atoms with van der Waals surface area (Å²) in [6.07, 6.45) is 2.46. The molecule has 8 heavy (non-hydrogen) atoms. The van der Waals surface area contributed by atoms with Crippen molar-refractivity contribution in [3.63, 3.8) is 0 Å². The second kappa shape index (κ2) is 1.16. The zero-order valence-corrected chi connectivity index (χ0v) is 5.25. The minimum atomic E-state index is 0.303. The summed E-state index contributed by atoms with van der Waals surface area (Å²) < 4.78 is 5.05. The van der Waals surface area contributed by atoms with Crippen molar-refractivity contribution in [3.05, 3.63) is 0 Å². The van der Waals surface area contributed by atoms with Crippen LogP contribution in [-0.2, 0) is 4.74 Å². The largest absolute Gasteiger partial charge is 0.469 e. The first kappa shape index (κ1) is 4.56. The molecule has 2 aliphatic rings. The summed E-state index contributed by atoms with van der Waals surface area (Å²) >= 11 is 4.77. The summed E-state index contributed by atoms with van der Waals surface area (Å²) in [6, 6.07) is 0. The summed E-state index contributed by atoms with van der Waals surface area (Å²) in [5.41, 5.74) is 0.303. The topological polar surface area (TPSA) is 21.3 Å². The van der Waals surface area contributed by atoms with Crippen molar-refractivity contribution in [1.82, 2.24) is 5.32 Å². The molecular formula is C5H7NOS. The fraction of sp³-hybridized carbons (Fsp3) is 0.800. The number of hydrogen-bond donors (Lipinski definition) is 1. The third-order valence-electron chi connectivity index (χ3n) is 1.70. The smallest absolute Gasteiger partial charge is 0.257 e. The standard InChI is InChI=1S/C5H7NOS/c8-4-6-5(1-2-5)3-7-4/h1-3H2,(H,6,8). The van der Waals surface area contributed by atoms with Gasteiger partial charge in [0.25, 0.3) is 5.17 Å². The monoisotopic (exact) mass is 129 g/mol. The molecule has 1 heterocycles. The molecule has 1 N–H and O–H groups in total. The number of rotatable bonds is 0. The Morgan fingerprint density at radius 2 is 2.38 bits per heavy atom. The van der Waals surface area contributed by atoms with E-state index in [1.54, 1.807) is 0 Å². The first-order valence-electron chi connectivity index (χ1n) is 2.76. The Balaban J connectivity index is 2.13. The predicted octanol–water partition coefficient (Wildman–Crippen LogP) is 0.424. The van der Waals surface area contributed by atoms with Crippen LogP contribution < -0.4 is 5.32 Å². The van der Waals surface area contributed by atoms with Gasteiger partial charge >= 0.3 is 0 Å². The minimum absolute atomic E-state index is 0.303. The Kier molecular flexibility index (Phi) is 0.658. The summed E-state index contributed by atoms with van der Waals surface area (Å²) in [6.45, 7) is 0.797. The molecule has 1 aliphatic heterocycles. The quantitative estimate of drug-likeness (QED) is 0.479. The second-order valence-corrected chi connectivity index (χ2v) is 2.85. The van der Waals surface area contributed by atoms with Gasteiger partial charge in [-0.05, 0) is 25.1 Å². The average Bonchev–Trinajstić information content (AvgIpc) is 2.34. The van der Waals surface area contributed by atoms with Crippen molar-refractivity contribution in [2.45, 2.75) is 18.4 Å². The van der Waals surface area contributed by atoms with Crippen molar-refractivity contribution in [3.8, 4) is 0 Å². The van der Waals surface area contributed by atoms with Crippen LogP contribution in [0, 0.1) is 0 Å². The third-order valence-corrected chi connectivity index (χ3v) is 1.92. The van der Waals surface area contributed by atoms with E-state index >= 15 is 0 Å². The molecule has 44 valence electrons. The van der Waals surface area contributed by atoms with E-state index in [9.17, 15) is 0 Å². The first-order valence-corrected chi connectivity index (χ1v) is 3.17. The molecule has 0 radical (unpaired) electrons. The Labute approximate surface area is 53.2 Å². The highest BCUT2D eigenvalue weighted by molar-refractivity contribution is 7.80. The first-order chi connectivity index (χ1) is 3.81. The van der Waals surface area contributed by atoms with Gasteiger partial charge in [0.1, 0.15) is 6.61 Å². The number of ether oxygens (including phenoxy) is 1. The van der Waals surface area contributed by atoms with Gasteiger partial charge in [0.05, 0.1) is 5.54 Å².